The van der Waals surface area contributed by atoms with E-state index in [2.05, 4.69) is 0 Å². The summed E-state index contributed by atoms with van der Waals surface area (Å²) in [5, 5.41) is 0.626. The zero-order chi connectivity index (χ0) is 10.7. The molecular weight excluding hydrogens is 216 g/mol. The molecule has 80 valence electrons. The van der Waals surface area contributed by atoms with Gasteiger partial charge in [-0.25, -0.2) is 0 Å². The highest BCUT2D eigenvalue weighted by molar-refractivity contribution is 6.31. The lowest BCUT2D eigenvalue weighted by Crippen LogP contribution is -2.16. The van der Waals surface area contributed by atoms with Gasteiger partial charge in [0.15, 0.2) is 11.5 Å². The molecule has 0 aliphatic carbocycles. The highest BCUT2D eigenvalue weighted by Gasteiger charge is 2.17. The first-order valence-corrected chi connectivity index (χ1v) is 5.21. The average Bonchev–Trinajstić information content (AvgIpc) is 2.28. The highest BCUT2D eigenvalue weighted by Crippen LogP contribution is 2.38. The van der Waals surface area contributed by atoms with Gasteiger partial charge in [0.1, 0.15) is 19.5 Å². The molecule has 0 atom stereocenters. The summed E-state index contributed by atoms with van der Waals surface area (Å²) in [5.74, 6) is 1.40. The maximum atomic E-state index is 10.3. The molecule has 2 rings (SSSR count). The van der Waals surface area contributed by atoms with E-state index in [1.807, 2.05) is 0 Å². The number of benzene rings is 1. The normalized spacial score (nSPS) is 13.7. The van der Waals surface area contributed by atoms with Gasteiger partial charge in [-0.2, -0.15) is 0 Å². The second-order valence-electron chi connectivity index (χ2n) is 3.26. The average molecular weight is 227 g/mol. The number of ether oxygens (including phenoxy) is 2. The van der Waals surface area contributed by atoms with Gasteiger partial charge in [-0.15, -0.1) is 0 Å². The molecule has 1 aromatic carbocycles. The van der Waals surface area contributed by atoms with Crippen molar-refractivity contribution in [1.82, 2.24) is 0 Å². The number of fused-ring (bicyclic) bond motifs is 1. The van der Waals surface area contributed by atoms with Crippen LogP contribution in [-0.2, 0) is 11.2 Å². The summed E-state index contributed by atoms with van der Waals surface area (Å²) in [6, 6.07) is 3.57. The Bertz CT molecular complexity index is 376. The fraction of sp³-hybridized carbons (Fsp3) is 0.364. The topological polar surface area (TPSA) is 35.5 Å². The molecule has 0 saturated carbocycles. The first kappa shape index (κ1) is 10.3. The SMILES string of the molecule is O=CCCc1c(Cl)ccc2c1OCCO2. The summed E-state index contributed by atoms with van der Waals surface area (Å²) in [5.41, 5.74) is 0.862. The van der Waals surface area contributed by atoms with Gasteiger partial charge in [0.05, 0.1) is 0 Å². The molecule has 0 unspecified atom stereocenters. The number of halogens is 1. The fourth-order valence-electron chi connectivity index (χ4n) is 1.59. The van der Waals surface area contributed by atoms with Crippen LogP contribution in [0.5, 0.6) is 11.5 Å². The van der Waals surface area contributed by atoms with Crippen LogP contribution in [0.3, 0.4) is 0 Å². The van der Waals surface area contributed by atoms with Crippen molar-refractivity contribution in [3.8, 4) is 11.5 Å². The Kier molecular flexibility index (Phi) is 3.11. The highest BCUT2D eigenvalue weighted by atomic mass is 35.5. The van der Waals surface area contributed by atoms with Crippen molar-refractivity contribution in [3.63, 3.8) is 0 Å². The first-order chi connectivity index (χ1) is 7.33. The van der Waals surface area contributed by atoms with Crippen LogP contribution in [0.2, 0.25) is 5.02 Å². The predicted octanol–water partition coefficient (Wildman–Crippen LogP) is 2.24. The second-order valence-corrected chi connectivity index (χ2v) is 3.66. The summed E-state index contributed by atoms with van der Waals surface area (Å²) in [7, 11) is 0. The fourth-order valence-corrected chi connectivity index (χ4v) is 1.83. The second kappa shape index (κ2) is 4.53. The van der Waals surface area contributed by atoms with E-state index < -0.39 is 0 Å². The summed E-state index contributed by atoms with van der Waals surface area (Å²) >= 11 is 6.05. The molecule has 1 aliphatic rings. The van der Waals surface area contributed by atoms with E-state index in [9.17, 15) is 4.79 Å². The van der Waals surface area contributed by atoms with Crippen LogP contribution in [0.15, 0.2) is 12.1 Å². The van der Waals surface area contributed by atoms with Gasteiger partial charge in [-0.1, -0.05) is 11.6 Å². The van der Waals surface area contributed by atoms with E-state index in [4.69, 9.17) is 21.1 Å². The van der Waals surface area contributed by atoms with Gasteiger partial charge in [-0.05, 0) is 18.6 Å². The van der Waals surface area contributed by atoms with Crippen molar-refractivity contribution in [2.75, 3.05) is 13.2 Å². The van der Waals surface area contributed by atoms with E-state index in [1.54, 1.807) is 12.1 Å². The number of hydrogen-bond acceptors (Lipinski definition) is 3. The van der Waals surface area contributed by atoms with Crippen molar-refractivity contribution in [2.45, 2.75) is 12.8 Å². The monoisotopic (exact) mass is 226 g/mol. The number of rotatable bonds is 3. The Labute approximate surface area is 92.9 Å². The molecule has 0 radical (unpaired) electrons. The van der Waals surface area contributed by atoms with E-state index in [-0.39, 0.29) is 0 Å². The van der Waals surface area contributed by atoms with Gasteiger partial charge >= 0.3 is 0 Å². The van der Waals surface area contributed by atoms with Crippen molar-refractivity contribution < 1.29 is 14.3 Å². The smallest absolute Gasteiger partial charge is 0.166 e. The Morgan fingerprint density at radius 2 is 2.13 bits per heavy atom. The lowest BCUT2D eigenvalue weighted by Gasteiger charge is -2.21. The maximum absolute atomic E-state index is 10.3. The number of aldehydes is 1. The van der Waals surface area contributed by atoms with Gasteiger partial charge < -0.3 is 14.3 Å². The van der Waals surface area contributed by atoms with Crippen LogP contribution in [0, 0.1) is 0 Å². The van der Waals surface area contributed by atoms with Crippen molar-refractivity contribution in [1.29, 1.82) is 0 Å². The number of hydrogen-bond donors (Lipinski definition) is 0. The summed E-state index contributed by atoms with van der Waals surface area (Å²) < 4.78 is 10.9. The molecule has 1 aromatic rings. The molecule has 0 saturated heterocycles. The summed E-state index contributed by atoms with van der Waals surface area (Å²) in [6.07, 6.45) is 1.91. The molecule has 15 heavy (non-hydrogen) atoms. The van der Waals surface area contributed by atoms with Crippen LogP contribution in [0.25, 0.3) is 0 Å². The molecule has 0 amide bonds. The van der Waals surface area contributed by atoms with Crippen molar-refractivity contribution in [2.24, 2.45) is 0 Å². The molecule has 0 N–H and O–H groups in total. The Balaban J connectivity index is 2.36. The van der Waals surface area contributed by atoms with Crippen molar-refractivity contribution in [3.05, 3.63) is 22.7 Å². The molecule has 0 bridgehead atoms. The molecule has 1 heterocycles. The predicted molar refractivity (Wildman–Crippen MR) is 56.8 cm³/mol. The minimum Gasteiger partial charge on any atom is -0.486 e. The van der Waals surface area contributed by atoms with Gasteiger partial charge in [0.25, 0.3) is 0 Å². The zero-order valence-electron chi connectivity index (χ0n) is 8.16. The third-order valence-electron chi connectivity index (χ3n) is 2.27. The third kappa shape index (κ3) is 2.07. The van der Waals surface area contributed by atoms with Gasteiger partial charge in [0, 0.05) is 17.0 Å². The zero-order valence-corrected chi connectivity index (χ0v) is 8.92. The Hall–Kier alpha value is -1.22. The molecule has 0 aromatic heterocycles. The largest absolute Gasteiger partial charge is 0.486 e. The lowest BCUT2D eigenvalue weighted by molar-refractivity contribution is -0.107. The minimum atomic E-state index is 0.444. The number of carbonyl (C=O) groups excluding carboxylic acids is 1. The molecule has 1 aliphatic heterocycles. The third-order valence-corrected chi connectivity index (χ3v) is 2.62. The van der Waals surface area contributed by atoms with E-state index >= 15 is 0 Å². The molecule has 0 fully saturated rings. The summed E-state index contributed by atoms with van der Waals surface area (Å²) in [4.78, 5) is 10.3. The maximum Gasteiger partial charge on any atom is 0.166 e. The van der Waals surface area contributed by atoms with E-state index in [0.717, 1.165) is 11.8 Å². The first-order valence-electron chi connectivity index (χ1n) is 4.83. The van der Waals surface area contributed by atoms with Crippen LogP contribution < -0.4 is 9.47 Å². The Morgan fingerprint density at radius 1 is 1.33 bits per heavy atom. The molecular formula is C11H11ClO3. The molecule has 0 spiro atoms. The summed E-state index contributed by atoms with van der Waals surface area (Å²) in [6.45, 7) is 1.09. The van der Waals surface area contributed by atoms with E-state index in [1.165, 1.54) is 0 Å². The standard InChI is InChI=1S/C11H11ClO3/c12-9-3-4-10-11(15-7-6-14-10)8(9)2-1-5-13/h3-5H,1-2,6-7H2. The molecule has 4 heteroatoms. The van der Waals surface area contributed by atoms with E-state index in [0.29, 0.717) is 42.6 Å². The quantitative estimate of drug-likeness (QED) is 0.742. The Morgan fingerprint density at radius 3 is 2.93 bits per heavy atom. The van der Waals surface area contributed by atoms with Crippen LogP contribution in [0.1, 0.15) is 12.0 Å². The van der Waals surface area contributed by atoms with Gasteiger partial charge in [-0.3, -0.25) is 0 Å². The lowest BCUT2D eigenvalue weighted by atomic mass is 10.1. The van der Waals surface area contributed by atoms with Crippen molar-refractivity contribution >= 4 is 17.9 Å². The van der Waals surface area contributed by atoms with Gasteiger partial charge in [0.2, 0.25) is 0 Å². The van der Waals surface area contributed by atoms with Crippen LogP contribution in [0.4, 0.5) is 0 Å². The minimum absolute atomic E-state index is 0.444. The number of carbonyl (C=O) groups is 1. The van der Waals surface area contributed by atoms with Crippen LogP contribution in [-0.4, -0.2) is 19.5 Å². The van der Waals surface area contributed by atoms with Crippen LogP contribution >= 0.6 is 11.6 Å². The molecule has 3 nitrogen and oxygen atoms in total.